The number of rotatable bonds is 4. The lowest BCUT2D eigenvalue weighted by atomic mass is 9.98. The number of benzene rings is 7. The molecule has 0 saturated carbocycles. The highest BCUT2D eigenvalue weighted by Crippen LogP contribution is 2.41. The number of hydrogen-bond donors (Lipinski definition) is 0. The molecule has 11 rings (SSSR count). The molecule has 0 bridgehead atoms. The fourth-order valence-electron chi connectivity index (χ4n) is 7.36. The number of aromatic nitrogens is 3. The minimum Gasteiger partial charge on any atom is -0.456 e. The SMILES string of the molecule is c1ccc(-c2nc(-c3ccc4c(c3)oc3ccc(-c5cccc6oc7ccccc7c56)cc34)nc(-c3cccc4c3sc3ccccc34)n2)cc1. The van der Waals surface area contributed by atoms with Gasteiger partial charge in [-0.25, -0.2) is 15.0 Å². The summed E-state index contributed by atoms with van der Waals surface area (Å²) in [6.07, 6.45) is 0. The Morgan fingerprint density at radius 2 is 1.04 bits per heavy atom. The Balaban J connectivity index is 1.07. The average molecular weight is 672 g/mol. The molecule has 51 heavy (non-hydrogen) atoms. The lowest BCUT2D eigenvalue weighted by Gasteiger charge is -2.09. The minimum atomic E-state index is 0.596. The van der Waals surface area contributed by atoms with E-state index in [1.54, 1.807) is 11.3 Å². The maximum atomic E-state index is 6.48. The van der Waals surface area contributed by atoms with Crippen LogP contribution >= 0.6 is 11.3 Å². The van der Waals surface area contributed by atoms with Gasteiger partial charge in [0.1, 0.15) is 22.3 Å². The zero-order chi connectivity index (χ0) is 33.5. The topological polar surface area (TPSA) is 65.0 Å². The molecule has 0 aliphatic carbocycles. The molecule has 0 aliphatic rings. The van der Waals surface area contributed by atoms with Crippen LogP contribution in [0.4, 0.5) is 0 Å². The summed E-state index contributed by atoms with van der Waals surface area (Å²) >= 11 is 1.77. The van der Waals surface area contributed by atoms with Crippen LogP contribution in [0.5, 0.6) is 0 Å². The molecule has 0 fully saturated rings. The highest BCUT2D eigenvalue weighted by Gasteiger charge is 2.19. The molecule has 4 aromatic heterocycles. The zero-order valence-corrected chi connectivity index (χ0v) is 27.8. The van der Waals surface area contributed by atoms with E-state index in [2.05, 4.69) is 97.1 Å². The first-order chi connectivity index (χ1) is 25.2. The van der Waals surface area contributed by atoms with Crippen LogP contribution in [0.25, 0.3) is 109 Å². The third-order valence-electron chi connectivity index (χ3n) is 9.76. The van der Waals surface area contributed by atoms with Crippen LogP contribution in [-0.4, -0.2) is 15.0 Å². The third-order valence-corrected chi connectivity index (χ3v) is 11.0. The molecule has 238 valence electrons. The Morgan fingerprint density at radius 3 is 1.96 bits per heavy atom. The Labute approximate surface area is 295 Å². The molecule has 6 heteroatoms. The van der Waals surface area contributed by atoms with Crippen LogP contribution in [0.3, 0.4) is 0 Å². The van der Waals surface area contributed by atoms with E-state index in [9.17, 15) is 0 Å². The van der Waals surface area contributed by atoms with Crippen molar-refractivity contribution < 1.29 is 8.83 Å². The van der Waals surface area contributed by atoms with Gasteiger partial charge in [-0.2, -0.15) is 0 Å². The van der Waals surface area contributed by atoms with Crippen LogP contribution in [-0.2, 0) is 0 Å². The van der Waals surface area contributed by atoms with Gasteiger partial charge < -0.3 is 8.83 Å². The van der Waals surface area contributed by atoms with Gasteiger partial charge in [0.05, 0.1) is 0 Å². The fourth-order valence-corrected chi connectivity index (χ4v) is 8.58. The number of thiophene rings is 1. The van der Waals surface area contributed by atoms with E-state index in [0.29, 0.717) is 17.5 Å². The number of furan rings is 2. The molecule has 4 heterocycles. The fraction of sp³-hybridized carbons (Fsp3) is 0. The molecule has 0 atom stereocenters. The molecule has 0 saturated heterocycles. The zero-order valence-electron chi connectivity index (χ0n) is 27.0. The molecule has 0 N–H and O–H groups in total. The summed E-state index contributed by atoms with van der Waals surface area (Å²) in [7, 11) is 0. The van der Waals surface area contributed by atoms with E-state index in [1.165, 1.54) is 15.5 Å². The Morgan fingerprint density at radius 1 is 0.373 bits per heavy atom. The largest absolute Gasteiger partial charge is 0.456 e. The number of hydrogen-bond acceptors (Lipinski definition) is 6. The van der Waals surface area contributed by atoms with Gasteiger partial charge >= 0.3 is 0 Å². The van der Waals surface area contributed by atoms with Crippen molar-refractivity contribution in [2.75, 3.05) is 0 Å². The number of fused-ring (bicyclic) bond motifs is 9. The third kappa shape index (κ3) is 4.43. The molecule has 0 aliphatic heterocycles. The lowest BCUT2D eigenvalue weighted by Crippen LogP contribution is -2.00. The van der Waals surface area contributed by atoms with E-state index in [4.69, 9.17) is 23.8 Å². The van der Waals surface area contributed by atoms with E-state index in [1.807, 2.05) is 54.6 Å². The second-order valence-corrected chi connectivity index (χ2v) is 13.8. The summed E-state index contributed by atoms with van der Waals surface area (Å²) in [6.45, 7) is 0. The van der Waals surface area contributed by atoms with Crippen molar-refractivity contribution in [3.8, 4) is 45.3 Å². The lowest BCUT2D eigenvalue weighted by molar-refractivity contribution is 0.669. The molecule has 7 aromatic carbocycles. The smallest absolute Gasteiger partial charge is 0.165 e. The monoisotopic (exact) mass is 671 g/mol. The van der Waals surface area contributed by atoms with Gasteiger partial charge in [0, 0.05) is 58.4 Å². The van der Waals surface area contributed by atoms with Crippen LogP contribution in [0, 0.1) is 0 Å². The van der Waals surface area contributed by atoms with Crippen molar-refractivity contribution in [3.63, 3.8) is 0 Å². The number of nitrogens with zero attached hydrogens (tertiary/aromatic N) is 3. The van der Waals surface area contributed by atoms with Gasteiger partial charge in [0.15, 0.2) is 17.5 Å². The average Bonchev–Trinajstić information content (AvgIpc) is 3.88. The van der Waals surface area contributed by atoms with Crippen molar-refractivity contribution in [3.05, 3.63) is 152 Å². The Kier molecular flexibility index (Phi) is 6.05. The van der Waals surface area contributed by atoms with E-state index in [-0.39, 0.29) is 0 Å². The summed E-state index contributed by atoms with van der Waals surface area (Å²) in [5.74, 6) is 1.87. The van der Waals surface area contributed by atoms with E-state index < -0.39 is 0 Å². The molecular weight excluding hydrogens is 647 g/mol. The number of para-hydroxylation sites is 1. The molecule has 5 nitrogen and oxygen atoms in total. The Hall–Kier alpha value is -6.63. The quantitative estimate of drug-likeness (QED) is 0.186. The maximum absolute atomic E-state index is 6.48. The highest BCUT2D eigenvalue weighted by atomic mass is 32.1. The van der Waals surface area contributed by atoms with Crippen LogP contribution < -0.4 is 0 Å². The molecular formula is C45H25N3O2S. The summed E-state index contributed by atoms with van der Waals surface area (Å²) in [5.41, 5.74) is 8.40. The van der Waals surface area contributed by atoms with Crippen LogP contribution in [0.1, 0.15) is 0 Å². The normalized spacial score (nSPS) is 11.9. The maximum Gasteiger partial charge on any atom is 0.165 e. The van der Waals surface area contributed by atoms with Crippen molar-refractivity contribution in [1.82, 2.24) is 15.0 Å². The van der Waals surface area contributed by atoms with Gasteiger partial charge in [0.25, 0.3) is 0 Å². The van der Waals surface area contributed by atoms with Crippen molar-refractivity contribution in [1.29, 1.82) is 0 Å². The molecule has 0 unspecified atom stereocenters. The summed E-state index contributed by atoms with van der Waals surface area (Å²) < 4.78 is 15.1. The summed E-state index contributed by atoms with van der Waals surface area (Å²) in [6, 6.07) is 52.1. The molecule has 0 spiro atoms. The van der Waals surface area contributed by atoms with Crippen molar-refractivity contribution >= 4 is 75.4 Å². The van der Waals surface area contributed by atoms with Crippen LogP contribution in [0.2, 0.25) is 0 Å². The molecule has 0 radical (unpaired) electrons. The van der Waals surface area contributed by atoms with Gasteiger partial charge in [0.2, 0.25) is 0 Å². The first-order valence-electron chi connectivity index (χ1n) is 16.8. The second-order valence-electron chi connectivity index (χ2n) is 12.8. The minimum absolute atomic E-state index is 0.596. The first-order valence-corrected chi connectivity index (χ1v) is 17.7. The first kappa shape index (κ1) is 28.2. The van der Waals surface area contributed by atoms with E-state index in [0.717, 1.165) is 76.4 Å². The molecule has 11 aromatic rings. The predicted octanol–water partition coefficient (Wildman–Crippen LogP) is 12.7. The van der Waals surface area contributed by atoms with Crippen molar-refractivity contribution in [2.24, 2.45) is 0 Å². The van der Waals surface area contributed by atoms with Gasteiger partial charge in [-0.15, -0.1) is 11.3 Å². The second kappa shape index (κ2) is 10.9. The standard InChI is InChI=1S/C45H25N3O2S/c1-2-10-26(11-3-1)43-46-44(48-45(47-43)34-16-8-15-32-31-12-5-7-19-40(31)51-42(32)34)28-20-22-30-35-24-27(21-23-37(35)50-39(30)25-28)29-14-9-18-38-41(29)33-13-4-6-17-36(33)49-38/h1-25H. The predicted molar refractivity (Wildman–Crippen MR) is 209 cm³/mol. The van der Waals surface area contributed by atoms with Gasteiger partial charge in [-0.1, -0.05) is 103 Å². The Bertz CT molecular complexity index is 3160. The van der Waals surface area contributed by atoms with Crippen molar-refractivity contribution in [2.45, 2.75) is 0 Å². The molecule has 0 amide bonds. The highest BCUT2D eigenvalue weighted by molar-refractivity contribution is 7.26. The van der Waals surface area contributed by atoms with Gasteiger partial charge in [-0.3, -0.25) is 0 Å². The van der Waals surface area contributed by atoms with E-state index >= 15 is 0 Å². The summed E-state index contributed by atoms with van der Waals surface area (Å²) in [5, 5.41) is 6.76. The van der Waals surface area contributed by atoms with Crippen LogP contribution in [0.15, 0.2) is 160 Å². The van der Waals surface area contributed by atoms with Gasteiger partial charge in [-0.05, 0) is 59.7 Å². The summed E-state index contributed by atoms with van der Waals surface area (Å²) in [4.78, 5) is 15.2.